The van der Waals surface area contributed by atoms with Crippen LogP contribution >= 0.6 is 0 Å². The van der Waals surface area contributed by atoms with Gasteiger partial charge in [0.1, 0.15) is 18.4 Å². The van der Waals surface area contributed by atoms with Crippen molar-refractivity contribution in [3.8, 4) is 0 Å². The van der Waals surface area contributed by atoms with E-state index in [4.69, 9.17) is 5.11 Å². The molecule has 0 saturated heterocycles. The molecule has 0 heterocycles. The van der Waals surface area contributed by atoms with Crippen molar-refractivity contribution in [2.24, 2.45) is 5.92 Å². The van der Waals surface area contributed by atoms with Gasteiger partial charge in [0, 0.05) is 5.56 Å². The highest BCUT2D eigenvalue weighted by molar-refractivity contribution is 5.97. The molecule has 0 fully saturated rings. The smallest absolute Gasteiger partial charge is 0.322 e. The summed E-state index contributed by atoms with van der Waals surface area (Å²) in [4.78, 5) is 34.3. The van der Waals surface area contributed by atoms with Gasteiger partial charge in [-0.3, -0.25) is 14.4 Å². The number of halogens is 1. The highest BCUT2D eigenvalue weighted by Crippen LogP contribution is 2.06. The molecule has 0 bridgehead atoms. The molecular formula is C14H17FN2O4. The fourth-order valence-electron chi connectivity index (χ4n) is 1.63. The van der Waals surface area contributed by atoms with Crippen molar-refractivity contribution in [1.29, 1.82) is 0 Å². The van der Waals surface area contributed by atoms with Gasteiger partial charge in [-0.2, -0.15) is 0 Å². The molecule has 0 aliphatic carbocycles. The monoisotopic (exact) mass is 296 g/mol. The van der Waals surface area contributed by atoms with Crippen LogP contribution in [0.25, 0.3) is 0 Å². The maximum absolute atomic E-state index is 12.8. The van der Waals surface area contributed by atoms with E-state index in [0.717, 1.165) is 12.1 Å². The summed E-state index contributed by atoms with van der Waals surface area (Å²) in [6.07, 6.45) is 0. The third-order valence-corrected chi connectivity index (χ3v) is 2.76. The van der Waals surface area contributed by atoms with E-state index in [0.29, 0.717) is 0 Å². The third kappa shape index (κ3) is 5.21. The molecule has 1 unspecified atom stereocenters. The maximum atomic E-state index is 12.8. The zero-order chi connectivity index (χ0) is 16.0. The highest BCUT2D eigenvalue weighted by atomic mass is 19.1. The van der Waals surface area contributed by atoms with Crippen molar-refractivity contribution in [3.63, 3.8) is 0 Å². The first kappa shape index (κ1) is 16.6. The highest BCUT2D eigenvalue weighted by Gasteiger charge is 2.24. The number of hydrogen-bond donors (Lipinski definition) is 3. The van der Waals surface area contributed by atoms with Crippen LogP contribution < -0.4 is 10.6 Å². The Morgan fingerprint density at radius 3 is 2.24 bits per heavy atom. The van der Waals surface area contributed by atoms with Gasteiger partial charge in [-0.05, 0) is 30.2 Å². The van der Waals surface area contributed by atoms with E-state index < -0.39 is 36.2 Å². The van der Waals surface area contributed by atoms with Gasteiger partial charge in [-0.15, -0.1) is 0 Å². The Balaban J connectivity index is 2.73. The molecule has 7 heteroatoms. The van der Waals surface area contributed by atoms with Gasteiger partial charge in [-0.25, -0.2) is 4.39 Å². The molecular weight excluding hydrogens is 279 g/mol. The molecule has 1 aromatic rings. The number of nitrogens with one attached hydrogen (secondary N) is 2. The minimum Gasteiger partial charge on any atom is -0.480 e. The van der Waals surface area contributed by atoms with Crippen LogP contribution in [0.2, 0.25) is 0 Å². The van der Waals surface area contributed by atoms with Crippen molar-refractivity contribution in [3.05, 3.63) is 35.6 Å². The van der Waals surface area contributed by atoms with E-state index in [9.17, 15) is 18.8 Å². The van der Waals surface area contributed by atoms with Crippen LogP contribution in [0, 0.1) is 11.7 Å². The lowest BCUT2D eigenvalue weighted by atomic mass is 10.0. The molecule has 21 heavy (non-hydrogen) atoms. The maximum Gasteiger partial charge on any atom is 0.322 e. The molecule has 2 amide bonds. The van der Waals surface area contributed by atoms with Crippen LogP contribution in [0.15, 0.2) is 24.3 Å². The first-order chi connectivity index (χ1) is 9.81. The minimum atomic E-state index is -1.17. The number of hydrogen-bond acceptors (Lipinski definition) is 3. The molecule has 6 nitrogen and oxygen atoms in total. The number of aliphatic carboxylic acids is 1. The Kier molecular flexibility index (Phi) is 5.83. The summed E-state index contributed by atoms with van der Waals surface area (Å²) in [5.74, 6) is -2.98. The third-order valence-electron chi connectivity index (χ3n) is 2.76. The lowest BCUT2D eigenvalue weighted by molar-refractivity contribution is -0.138. The Hall–Kier alpha value is -2.44. The van der Waals surface area contributed by atoms with Crippen molar-refractivity contribution in [2.45, 2.75) is 19.9 Å². The van der Waals surface area contributed by atoms with Gasteiger partial charge >= 0.3 is 5.97 Å². The van der Waals surface area contributed by atoms with E-state index in [1.807, 2.05) is 0 Å². The van der Waals surface area contributed by atoms with E-state index in [2.05, 4.69) is 10.6 Å². The molecule has 1 aromatic carbocycles. The molecule has 0 aliphatic heterocycles. The Labute approximate surface area is 121 Å². The Morgan fingerprint density at radius 1 is 1.19 bits per heavy atom. The summed E-state index contributed by atoms with van der Waals surface area (Å²) in [5, 5.41) is 13.3. The molecule has 0 saturated carbocycles. The normalized spacial score (nSPS) is 11.8. The van der Waals surface area contributed by atoms with Crippen molar-refractivity contribution in [1.82, 2.24) is 10.6 Å². The number of rotatable bonds is 6. The largest absolute Gasteiger partial charge is 0.480 e. The van der Waals surface area contributed by atoms with Crippen LogP contribution in [-0.2, 0) is 9.59 Å². The number of carbonyl (C=O) groups excluding carboxylic acids is 2. The average Bonchev–Trinajstić information content (AvgIpc) is 2.42. The summed E-state index contributed by atoms with van der Waals surface area (Å²) in [7, 11) is 0. The Bertz CT molecular complexity index is 528. The number of carboxylic acids is 1. The first-order valence-corrected chi connectivity index (χ1v) is 6.37. The minimum absolute atomic E-state index is 0.216. The topological polar surface area (TPSA) is 95.5 Å². The fraction of sp³-hybridized carbons (Fsp3) is 0.357. The number of carboxylic acid groups (broad SMARTS) is 1. The quantitative estimate of drug-likeness (QED) is 0.723. The van der Waals surface area contributed by atoms with Gasteiger partial charge in [0.15, 0.2) is 0 Å². The van der Waals surface area contributed by atoms with Crippen LogP contribution in [-0.4, -0.2) is 35.5 Å². The van der Waals surface area contributed by atoms with Gasteiger partial charge in [0.05, 0.1) is 0 Å². The molecule has 114 valence electrons. The zero-order valence-corrected chi connectivity index (χ0v) is 11.7. The first-order valence-electron chi connectivity index (χ1n) is 6.37. The standard InChI is InChI=1S/C14H17FN2O4/c1-8(2)12(14(21)16-7-11(18)19)17-13(20)9-3-5-10(15)6-4-9/h3-6,8,12H,7H2,1-2H3,(H,16,21)(H,17,20)(H,18,19). The van der Waals surface area contributed by atoms with E-state index in [1.165, 1.54) is 12.1 Å². The molecule has 0 spiro atoms. The molecule has 0 radical (unpaired) electrons. The molecule has 0 aromatic heterocycles. The predicted molar refractivity (Wildman–Crippen MR) is 73.1 cm³/mol. The van der Waals surface area contributed by atoms with Crippen LogP contribution in [0.1, 0.15) is 24.2 Å². The van der Waals surface area contributed by atoms with Crippen LogP contribution in [0.3, 0.4) is 0 Å². The van der Waals surface area contributed by atoms with Gasteiger partial charge < -0.3 is 15.7 Å². The molecule has 0 aliphatic rings. The number of amides is 2. The number of benzene rings is 1. The van der Waals surface area contributed by atoms with Crippen molar-refractivity contribution < 1.29 is 23.9 Å². The zero-order valence-electron chi connectivity index (χ0n) is 11.7. The number of carbonyl (C=O) groups is 3. The van der Waals surface area contributed by atoms with E-state index >= 15 is 0 Å². The average molecular weight is 296 g/mol. The van der Waals surface area contributed by atoms with Crippen molar-refractivity contribution in [2.75, 3.05) is 6.54 Å². The molecule has 3 N–H and O–H groups in total. The second kappa shape index (κ2) is 7.37. The SMILES string of the molecule is CC(C)C(NC(=O)c1ccc(F)cc1)C(=O)NCC(=O)O. The fourth-order valence-corrected chi connectivity index (χ4v) is 1.63. The summed E-state index contributed by atoms with van der Waals surface area (Å²) in [6.45, 7) is 2.92. The lowest BCUT2D eigenvalue weighted by Crippen LogP contribution is -2.50. The molecule has 1 atom stereocenters. The van der Waals surface area contributed by atoms with E-state index in [1.54, 1.807) is 13.8 Å². The summed E-state index contributed by atoms with van der Waals surface area (Å²) < 4.78 is 12.8. The second-order valence-corrected chi connectivity index (χ2v) is 4.81. The summed E-state index contributed by atoms with van der Waals surface area (Å²) >= 11 is 0. The summed E-state index contributed by atoms with van der Waals surface area (Å²) in [6, 6.07) is 4.02. The van der Waals surface area contributed by atoms with Crippen LogP contribution in [0.4, 0.5) is 4.39 Å². The van der Waals surface area contributed by atoms with Gasteiger partial charge in [0.25, 0.3) is 5.91 Å². The second-order valence-electron chi connectivity index (χ2n) is 4.81. The Morgan fingerprint density at radius 2 is 1.76 bits per heavy atom. The predicted octanol–water partition coefficient (Wildman–Crippen LogP) is 0.781. The lowest BCUT2D eigenvalue weighted by Gasteiger charge is -2.21. The van der Waals surface area contributed by atoms with Gasteiger partial charge in [0.2, 0.25) is 5.91 Å². The molecule has 1 rings (SSSR count). The van der Waals surface area contributed by atoms with E-state index in [-0.39, 0.29) is 11.5 Å². The van der Waals surface area contributed by atoms with Crippen LogP contribution in [0.5, 0.6) is 0 Å². The van der Waals surface area contributed by atoms with Gasteiger partial charge in [-0.1, -0.05) is 13.8 Å². The van der Waals surface area contributed by atoms with Crippen molar-refractivity contribution >= 4 is 17.8 Å². The summed E-state index contributed by atoms with van der Waals surface area (Å²) in [5.41, 5.74) is 0.216.